The number of methoxy groups -OCH3 is 1. The summed E-state index contributed by atoms with van der Waals surface area (Å²) in [6, 6.07) is 3.23. The highest BCUT2D eigenvalue weighted by Gasteiger charge is 2.10. The van der Waals surface area contributed by atoms with Gasteiger partial charge in [-0.15, -0.1) is 0 Å². The Morgan fingerprint density at radius 2 is 2.33 bits per heavy atom. The van der Waals surface area contributed by atoms with Gasteiger partial charge in [0.15, 0.2) is 6.29 Å². The molecule has 0 spiro atoms. The summed E-state index contributed by atoms with van der Waals surface area (Å²) >= 11 is 0. The summed E-state index contributed by atoms with van der Waals surface area (Å²) in [6.07, 6.45) is 0.714. The Labute approximate surface area is 88.0 Å². The Kier molecular flexibility index (Phi) is 4.05. The Balaban J connectivity index is 2.65. The van der Waals surface area contributed by atoms with Gasteiger partial charge in [0.25, 0.3) is 5.91 Å². The number of ether oxygens (including phenoxy) is 1. The van der Waals surface area contributed by atoms with Crippen molar-refractivity contribution >= 4 is 12.2 Å². The summed E-state index contributed by atoms with van der Waals surface area (Å²) in [5, 5.41) is 2.68. The van der Waals surface area contributed by atoms with Gasteiger partial charge < -0.3 is 14.6 Å². The number of nitrogens with one attached hydrogen (secondary N) is 1. The second kappa shape index (κ2) is 5.31. The first-order valence-corrected chi connectivity index (χ1v) is 4.58. The third-order valence-corrected chi connectivity index (χ3v) is 2.11. The molecule has 1 amide bonds. The highest BCUT2D eigenvalue weighted by Crippen LogP contribution is 2.04. The van der Waals surface area contributed by atoms with E-state index in [0.29, 0.717) is 30.8 Å². The van der Waals surface area contributed by atoms with Gasteiger partial charge in [-0.2, -0.15) is 0 Å². The van der Waals surface area contributed by atoms with Gasteiger partial charge in [0, 0.05) is 20.7 Å². The molecule has 15 heavy (non-hydrogen) atoms. The van der Waals surface area contributed by atoms with E-state index in [2.05, 4.69) is 5.32 Å². The number of nitrogens with zero attached hydrogens (tertiary/aromatic N) is 1. The van der Waals surface area contributed by atoms with E-state index < -0.39 is 0 Å². The molecule has 0 aliphatic heterocycles. The van der Waals surface area contributed by atoms with Crippen molar-refractivity contribution < 1.29 is 14.3 Å². The van der Waals surface area contributed by atoms with E-state index in [-0.39, 0.29) is 5.91 Å². The minimum absolute atomic E-state index is 0.206. The maximum atomic E-state index is 11.6. The van der Waals surface area contributed by atoms with E-state index in [9.17, 15) is 9.59 Å². The van der Waals surface area contributed by atoms with Crippen LogP contribution in [-0.2, 0) is 11.8 Å². The van der Waals surface area contributed by atoms with Crippen LogP contribution < -0.4 is 5.32 Å². The monoisotopic (exact) mass is 210 g/mol. The molecule has 0 bridgehead atoms. The Hall–Kier alpha value is -1.62. The fourth-order valence-corrected chi connectivity index (χ4v) is 1.23. The van der Waals surface area contributed by atoms with E-state index in [1.54, 1.807) is 30.9 Å². The average molecular weight is 210 g/mol. The van der Waals surface area contributed by atoms with Gasteiger partial charge in [0.1, 0.15) is 5.69 Å². The zero-order valence-electron chi connectivity index (χ0n) is 8.82. The largest absolute Gasteiger partial charge is 0.383 e. The minimum atomic E-state index is -0.206. The van der Waals surface area contributed by atoms with Crippen molar-refractivity contribution in [3.05, 3.63) is 23.5 Å². The zero-order valence-corrected chi connectivity index (χ0v) is 8.82. The molecule has 1 rings (SSSR count). The lowest BCUT2D eigenvalue weighted by Gasteiger charge is -2.05. The first kappa shape index (κ1) is 11.5. The molecule has 0 unspecified atom stereocenters. The summed E-state index contributed by atoms with van der Waals surface area (Å²) in [5.41, 5.74) is 0.945. The predicted molar refractivity (Wildman–Crippen MR) is 55.0 cm³/mol. The second-order valence-electron chi connectivity index (χ2n) is 3.07. The average Bonchev–Trinajstić information content (AvgIpc) is 2.60. The number of carbonyl (C=O) groups excluding carboxylic acids is 2. The maximum Gasteiger partial charge on any atom is 0.267 e. The van der Waals surface area contributed by atoms with Gasteiger partial charge >= 0.3 is 0 Å². The molecule has 1 N–H and O–H groups in total. The second-order valence-corrected chi connectivity index (χ2v) is 3.07. The number of aldehydes is 1. The molecule has 0 atom stereocenters. The molecule has 0 aromatic carbocycles. The Bertz CT molecular complexity index is 358. The Morgan fingerprint density at radius 1 is 1.60 bits per heavy atom. The van der Waals surface area contributed by atoms with Crippen LogP contribution in [0.25, 0.3) is 0 Å². The van der Waals surface area contributed by atoms with Crippen molar-refractivity contribution in [2.75, 3.05) is 20.3 Å². The van der Waals surface area contributed by atoms with Crippen molar-refractivity contribution in [3.8, 4) is 0 Å². The van der Waals surface area contributed by atoms with Crippen LogP contribution in [0.3, 0.4) is 0 Å². The van der Waals surface area contributed by atoms with Gasteiger partial charge in [-0.25, -0.2) is 0 Å². The SMILES string of the molecule is COCCNC(=O)c1ccc(C=O)n1C. The highest BCUT2D eigenvalue weighted by molar-refractivity contribution is 5.94. The summed E-state index contributed by atoms with van der Waals surface area (Å²) in [6.45, 7) is 0.924. The van der Waals surface area contributed by atoms with Crippen LogP contribution in [0.1, 0.15) is 21.0 Å². The number of amides is 1. The maximum absolute atomic E-state index is 11.6. The molecule has 0 aliphatic rings. The summed E-state index contributed by atoms with van der Waals surface area (Å²) < 4.78 is 6.36. The highest BCUT2D eigenvalue weighted by atomic mass is 16.5. The molecule has 0 saturated carbocycles. The van der Waals surface area contributed by atoms with Gasteiger partial charge in [0.2, 0.25) is 0 Å². The molecule has 1 heterocycles. The minimum Gasteiger partial charge on any atom is -0.383 e. The number of rotatable bonds is 5. The standard InChI is InChI=1S/C10H14N2O3/c1-12-8(7-13)3-4-9(12)10(14)11-5-6-15-2/h3-4,7H,5-6H2,1-2H3,(H,11,14). The van der Waals surface area contributed by atoms with Crippen molar-refractivity contribution in [3.63, 3.8) is 0 Å². The first-order chi connectivity index (χ1) is 7.20. The molecule has 5 heteroatoms. The fraction of sp³-hybridized carbons (Fsp3) is 0.400. The van der Waals surface area contributed by atoms with E-state index >= 15 is 0 Å². The smallest absolute Gasteiger partial charge is 0.267 e. The lowest BCUT2D eigenvalue weighted by molar-refractivity contribution is 0.0929. The molecule has 0 saturated heterocycles. The van der Waals surface area contributed by atoms with Gasteiger partial charge in [-0.1, -0.05) is 0 Å². The molecule has 5 nitrogen and oxygen atoms in total. The van der Waals surface area contributed by atoms with Crippen molar-refractivity contribution in [2.24, 2.45) is 7.05 Å². The van der Waals surface area contributed by atoms with Crippen LogP contribution >= 0.6 is 0 Å². The Morgan fingerprint density at radius 3 is 2.87 bits per heavy atom. The molecule has 0 radical (unpaired) electrons. The molecule has 0 aliphatic carbocycles. The summed E-state index contributed by atoms with van der Waals surface area (Å²) in [7, 11) is 3.24. The number of hydrogen-bond acceptors (Lipinski definition) is 3. The number of carbonyl (C=O) groups is 2. The van der Waals surface area contributed by atoms with Crippen molar-refractivity contribution in [1.82, 2.24) is 9.88 Å². The van der Waals surface area contributed by atoms with E-state index in [4.69, 9.17) is 4.74 Å². The molecule has 0 fully saturated rings. The van der Waals surface area contributed by atoms with Gasteiger partial charge in [-0.3, -0.25) is 9.59 Å². The van der Waals surface area contributed by atoms with Crippen LogP contribution in [0.15, 0.2) is 12.1 Å². The number of hydrogen-bond donors (Lipinski definition) is 1. The van der Waals surface area contributed by atoms with Crippen LogP contribution in [0.4, 0.5) is 0 Å². The van der Waals surface area contributed by atoms with Crippen molar-refractivity contribution in [2.45, 2.75) is 0 Å². The quantitative estimate of drug-likeness (QED) is 0.558. The summed E-state index contributed by atoms with van der Waals surface area (Å²) in [4.78, 5) is 22.1. The predicted octanol–water partition coefficient (Wildman–Crippen LogP) is 0.214. The molecule has 1 aromatic rings. The van der Waals surface area contributed by atoms with Gasteiger partial charge in [0.05, 0.1) is 12.3 Å². The molecular weight excluding hydrogens is 196 g/mol. The zero-order chi connectivity index (χ0) is 11.3. The molecular formula is C10H14N2O3. The molecule has 82 valence electrons. The van der Waals surface area contributed by atoms with Crippen LogP contribution in [0.5, 0.6) is 0 Å². The topological polar surface area (TPSA) is 60.3 Å². The van der Waals surface area contributed by atoms with Crippen LogP contribution in [0, 0.1) is 0 Å². The molecule has 1 aromatic heterocycles. The first-order valence-electron chi connectivity index (χ1n) is 4.58. The van der Waals surface area contributed by atoms with E-state index in [0.717, 1.165) is 0 Å². The van der Waals surface area contributed by atoms with E-state index in [1.165, 1.54) is 0 Å². The third kappa shape index (κ3) is 2.66. The van der Waals surface area contributed by atoms with Gasteiger partial charge in [-0.05, 0) is 12.1 Å². The van der Waals surface area contributed by atoms with Crippen LogP contribution in [-0.4, -0.2) is 37.0 Å². The van der Waals surface area contributed by atoms with E-state index in [1.807, 2.05) is 0 Å². The van der Waals surface area contributed by atoms with Crippen molar-refractivity contribution in [1.29, 1.82) is 0 Å². The third-order valence-electron chi connectivity index (χ3n) is 2.11. The lowest BCUT2D eigenvalue weighted by atomic mass is 10.4. The summed E-state index contributed by atoms with van der Waals surface area (Å²) in [5.74, 6) is -0.206. The number of aromatic nitrogens is 1. The van der Waals surface area contributed by atoms with Crippen LogP contribution in [0.2, 0.25) is 0 Å². The normalized spacial score (nSPS) is 10.0. The lowest BCUT2D eigenvalue weighted by Crippen LogP contribution is -2.28. The fourth-order valence-electron chi connectivity index (χ4n) is 1.23.